The van der Waals surface area contributed by atoms with Crippen LogP contribution in [-0.4, -0.2) is 55.1 Å². The first kappa shape index (κ1) is 21.8. The third kappa shape index (κ3) is 4.31. The quantitative estimate of drug-likeness (QED) is 0.592. The molecule has 0 atom stereocenters. The lowest BCUT2D eigenvalue weighted by Crippen LogP contribution is -2.44. The highest BCUT2D eigenvalue weighted by molar-refractivity contribution is 7.90. The molecule has 2 aliphatic heterocycles. The van der Waals surface area contributed by atoms with Gasteiger partial charge in [0.2, 0.25) is 11.9 Å². The predicted molar refractivity (Wildman–Crippen MR) is 128 cm³/mol. The molecule has 33 heavy (non-hydrogen) atoms. The summed E-state index contributed by atoms with van der Waals surface area (Å²) in [7, 11) is -3.31. The van der Waals surface area contributed by atoms with Crippen LogP contribution in [0.2, 0.25) is 0 Å². The Kier molecular flexibility index (Phi) is 5.56. The topological polar surface area (TPSA) is 83.5 Å². The second kappa shape index (κ2) is 8.41. The van der Waals surface area contributed by atoms with E-state index in [1.807, 2.05) is 17.9 Å². The lowest BCUT2D eigenvalue weighted by Gasteiger charge is -2.36. The van der Waals surface area contributed by atoms with Crippen LogP contribution in [0.25, 0.3) is 10.9 Å². The molecule has 7 nitrogen and oxygen atoms in total. The average molecular weight is 465 g/mol. The number of piperidine rings is 1. The first-order valence-electron chi connectivity index (χ1n) is 11.4. The van der Waals surface area contributed by atoms with Crippen molar-refractivity contribution in [1.82, 2.24) is 14.9 Å². The molecule has 0 bridgehead atoms. The van der Waals surface area contributed by atoms with Crippen LogP contribution in [0.5, 0.6) is 0 Å². The number of hydrogen-bond acceptors (Lipinski definition) is 6. The van der Waals surface area contributed by atoms with E-state index in [0.717, 1.165) is 36.9 Å². The van der Waals surface area contributed by atoms with Gasteiger partial charge in [-0.25, -0.2) is 18.4 Å². The molecule has 172 valence electrons. The average Bonchev–Trinajstić information content (AvgIpc) is 2.82. The summed E-state index contributed by atoms with van der Waals surface area (Å²) in [6.07, 6.45) is 3.65. The van der Waals surface area contributed by atoms with Crippen molar-refractivity contribution in [1.29, 1.82) is 0 Å². The molecule has 0 radical (unpaired) electrons. The van der Waals surface area contributed by atoms with Crippen LogP contribution in [0.3, 0.4) is 0 Å². The van der Waals surface area contributed by atoms with Crippen LogP contribution in [0.1, 0.15) is 29.7 Å². The molecule has 0 unspecified atom stereocenters. The minimum atomic E-state index is -3.31. The third-order valence-corrected chi connectivity index (χ3v) is 7.95. The van der Waals surface area contributed by atoms with E-state index in [-0.39, 0.29) is 16.7 Å². The number of amides is 1. The fourth-order valence-corrected chi connectivity index (χ4v) is 5.53. The Morgan fingerprint density at radius 1 is 1.00 bits per heavy atom. The van der Waals surface area contributed by atoms with Crippen molar-refractivity contribution in [2.45, 2.75) is 37.6 Å². The largest absolute Gasteiger partial charge is 0.341 e. The van der Waals surface area contributed by atoms with E-state index in [1.54, 1.807) is 18.2 Å². The van der Waals surface area contributed by atoms with E-state index in [4.69, 9.17) is 0 Å². The molecule has 3 heterocycles. The minimum absolute atomic E-state index is 0.0184. The van der Waals surface area contributed by atoms with Gasteiger partial charge in [0, 0.05) is 43.7 Å². The molecule has 1 saturated heterocycles. The lowest BCUT2D eigenvalue weighted by molar-refractivity contribution is -0.137. The number of benzene rings is 2. The number of rotatable bonds is 3. The molecule has 1 fully saturated rings. The highest BCUT2D eigenvalue weighted by Crippen LogP contribution is 2.28. The maximum Gasteiger partial charge on any atom is 0.226 e. The Bertz CT molecular complexity index is 1330. The van der Waals surface area contributed by atoms with Crippen LogP contribution in [-0.2, 0) is 27.6 Å². The molecule has 0 aliphatic carbocycles. The Morgan fingerprint density at radius 3 is 2.45 bits per heavy atom. The molecule has 2 aliphatic rings. The van der Waals surface area contributed by atoms with Crippen molar-refractivity contribution in [3.05, 3.63) is 59.3 Å². The van der Waals surface area contributed by atoms with Crippen molar-refractivity contribution in [2.24, 2.45) is 5.92 Å². The molecule has 5 rings (SSSR count). The Hall–Kier alpha value is -3.00. The number of fused-ring (bicyclic) bond motifs is 2. The van der Waals surface area contributed by atoms with Gasteiger partial charge in [0.05, 0.1) is 16.1 Å². The smallest absolute Gasteiger partial charge is 0.226 e. The normalized spacial score (nSPS) is 17.3. The summed E-state index contributed by atoms with van der Waals surface area (Å²) in [6, 6.07) is 13.4. The van der Waals surface area contributed by atoms with E-state index < -0.39 is 9.84 Å². The van der Waals surface area contributed by atoms with Gasteiger partial charge in [-0.15, -0.1) is 0 Å². The molecule has 2 aromatic carbocycles. The number of aromatic nitrogens is 2. The van der Waals surface area contributed by atoms with Gasteiger partial charge in [0.25, 0.3) is 0 Å². The van der Waals surface area contributed by atoms with Gasteiger partial charge in [-0.1, -0.05) is 24.3 Å². The zero-order valence-corrected chi connectivity index (χ0v) is 19.8. The van der Waals surface area contributed by atoms with Crippen molar-refractivity contribution in [2.75, 3.05) is 30.8 Å². The van der Waals surface area contributed by atoms with E-state index in [2.05, 4.69) is 33.1 Å². The molecular formula is C25H28N4O3S. The number of carbonyl (C=O) groups is 1. The van der Waals surface area contributed by atoms with Crippen molar-refractivity contribution >= 4 is 32.6 Å². The van der Waals surface area contributed by atoms with E-state index >= 15 is 0 Å². The maximum atomic E-state index is 13.2. The molecule has 1 aromatic heterocycles. The molecule has 0 spiro atoms. The Balaban J connectivity index is 1.29. The van der Waals surface area contributed by atoms with Crippen LogP contribution >= 0.6 is 0 Å². The maximum absolute atomic E-state index is 13.2. The SMILES string of the molecule is Cc1nc(N2CCC(C(=O)N3CCc4ccccc4C3)CC2)nc2cc(S(C)(=O)=O)ccc12. The zero-order valence-electron chi connectivity index (χ0n) is 19.0. The molecule has 0 N–H and O–H groups in total. The van der Waals surface area contributed by atoms with Gasteiger partial charge < -0.3 is 9.80 Å². The van der Waals surface area contributed by atoms with Crippen molar-refractivity contribution in [3.8, 4) is 0 Å². The first-order valence-corrected chi connectivity index (χ1v) is 13.3. The molecular weight excluding hydrogens is 436 g/mol. The van der Waals surface area contributed by atoms with Gasteiger partial charge in [-0.2, -0.15) is 0 Å². The standard InChI is InChI=1S/C25H28N4O3S/c1-17-22-8-7-21(33(2,31)32)15-23(22)27-25(26-17)28-12-10-19(11-13-28)24(30)29-14-9-18-5-3-4-6-20(18)16-29/h3-8,15,19H,9-14,16H2,1-2H3. The summed E-state index contributed by atoms with van der Waals surface area (Å²) >= 11 is 0. The highest BCUT2D eigenvalue weighted by atomic mass is 32.2. The van der Waals surface area contributed by atoms with E-state index in [0.29, 0.717) is 31.1 Å². The summed E-state index contributed by atoms with van der Waals surface area (Å²) < 4.78 is 23.9. The summed E-state index contributed by atoms with van der Waals surface area (Å²) in [5, 5.41) is 0.849. The molecule has 1 amide bonds. The second-order valence-corrected chi connectivity index (χ2v) is 11.1. The van der Waals surface area contributed by atoms with Gasteiger partial charge in [-0.05, 0) is 55.5 Å². The van der Waals surface area contributed by atoms with Crippen LogP contribution in [0.4, 0.5) is 5.95 Å². The highest BCUT2D eigenvalue weighted by Gasteiger charge is 2.31. The number of aryl methyl sites for hydroxylation is 1. The fraction of sp³-hybridized carbons (Fsp3) is 0.400. The molecule has 8 heteroatoms. The summed E-state index contributed by atoms with van der Waals surface area (Å²) in [6.45, 7) is 4.81. The number of nitrogens with zero attached hydrogens (tertiary/aromatic N) is 4. The van der Waals surface area contributed by atoms with Gasteiger partial charge in [0.1, 0.15) is 0 Å². The number of anilines is 1. The first-order chi connectivity index (χ1) is 15.8. The summed E-state index contributed by atoms with van der Waals surface area (Å²) in [5.41, 5.74) is 4.05. The summed E-state index contributed by atoms with van der Waals surface area (Å²) in [5.74, 6) is 0.867. The van der Waals surface area contributed by atoms with Crippen molar-refractivity contribution in [3.63, 3.8) is 0 Å². The minimum Gasteiger partial charge on any atom is -0.341 e. The predicted octanol–water partition coefficient (Wildman–Crippen LogP) is 3.14. The molecule has 0 saturated carbocycles. The van der Waals surface area contributed by atoms with Gasteiger partial charge in [0.15, 0.2) is 9.84 Å². The van der Waals surface area contributed by atoms with Crippen LogP contribution in [0, 0.1) is 12.8 Å². The van der Waals surface area contributed by atoms with E-state index in [9.17, 15) is 13.2 Å². The Labute approximate surface area is 194 Å². The van der Waals surface area contributed by atoms with Crippen LogP contribution in [0.15, 0.2) is 47.4 Å². The zero-order chi connectivity index (χ0) is 23.2. The number of sulfone groups is 1. The lowest BCUT2D eigenvalue weighted by atomic mass is 9.93. The monoisotopic (exact) mass is 464 g/mol. The summed E-state index contributed by atoms with van der Waals surface area (Å²) in [4.78, 5) is 26.9. The van der Waals surface area contributed by atoms with Gasteiger partial charge >= 0.3 is 0 Å². The third-order valence-electron chi connectivity index (χ3n) is 6.84. The molecule has 3 aromatic rings. The number of carbonyl (C=O) groups excluding carboxylic acids is 1. The number of hydrogen-bond donors (Lipinski definition) is 0. The van der Waals surface area contributed by atoms with Gasteiger partial charge in [-0.3, -0.25) is 4.79 Å². The second-order valence-electron chi connectivity index (χ2n) is 9.10. The Morgan fingerprint density at radius 2 is 1.73 bits per heavy atom. The van der Waals surface area contributed by atoms with Crippen LogP contribution < -0.4 is 4.90 Å². The van der Waals surface area contributed by atoms with E-state index in [1.165, 1.54) is 17.4 Å². The fourth-order valence-electron chi connectivity index (χ4n) is 4.89. The van der Waals surface area contributed by atoms with Crippen molar-refractivity contribution < 1.29 is 13.2 Å².